The minimum absolute atomic E-state index is 0.530. The molecule has 0 atom stereocenters. The van der Waals surface area contributed by atoms with Gasteiger partial charge in [-0.15, -0.1) is 0 Å². The van der Waals surface area contributed by atoms with E-state index in [1.54, 1.807) is 6.07 Å². The molecule has 1 N–H and O–H groups in total. The van der Waals surface area contributed by atoms with Gasteiger partial charge in [-0.3, -0.25) is 5.73 Å². The van der Waals surface area contributed by atoms with Crippen LogP contribution in [0.1, 0.15) is 0 Å². The third kappa shape index (κ3) is 0.589. The number of aromatic nitrogens is 1. The predicted octanol–water partition coefficient (Wildman–Crippen LogP) is 1.85. The van der Waals surface area contributed by atoms with Crippen LogP contribution in [0.3, 0.4) is 0 Å². The molecule has 0 saturated heterocycles. The van der Waals surface area contributed by atoms with Crippen molar-refractivity contribution in [2.75, 3.05) is 0 Å². The zero-order chi connectivity index (χ0) is 6.97. The highest BCUT2D eigenvalue weighted by molar-refractivity contribution is 5.52. The Bertz CT molecular complexity index is 349. The largest absolute Gasteiger partial charge is 0.302 e. The third-order valence-corrected chi connectivity index (χ3v) is 1.56. The van der Waals surface area contributed by atoms with Gasteiger partial charge in [0.25, 0.3) is 0 Å². The summed E-state index contributed by atoms with van der Waals surface area (Å²) in [5.74, 6) is 0.530. The molecule has 2 rings (SSSR count). The van der Waals surface area contributed by atoms with Crippen molar-refractivity contribution >= 4 is 11.3 Å². The average Bonchev–Trinajstić information content (AvgIpc) is 2.36. The van der Waals surface area contributed by atoms with Crippen molar-refractivity contribution in [2.45, 2.75) is 0 Å². The molecule has 0 spiro atoms. The molecule has 2 heterocycles. The summed E-state index contributed by atoms with van der Waals surface area (Å²) in [6, 6.07) is 9.56. The number of hydrogen-bond acceptors (Lipinski definition) is 0. The topological polar surface area (TPSA) is 28.2 Å². The highest BCUT2D eigenvalue weighted by Crippen LogP contribution is 2.10. The lowest BCUT2D eigenvalue weighted by Crippen LogP contribution is -1.83. The normalized spacial score (nSPS) is 10.4. The second kappa shape index (κ2) is 1.77. The fraction of sp³-hybridized carbons (Fsp3) is 0. The highest BCUT2D eigenvalue weighted by atomic mass is 15.0. The fourth-order valence-corrected chi connectivity index (χ4v) is 1.07. The van der Waals surface area contributed by atoms with Crippen LogP contribution < -0.4 is 5.73 Å². The summed E-state index contributed by atoms with van der Waals surface area (Å²) in [7, 11) is 0. The first-order chi connectivity index (χ1) is 4.88. The van der Waals surface area contributed by atoms with Gasteiger partial charge in [0.15, 0.2) is 0 Å². The van der Waals surface area contributed by atoms with Crippen molar-refractivity contribution in [1.29, 1.82) is 0 Å². The highest BCUT2D eigenvalue weighted by Gasteiger charge is 1.92. The van der Waals surface area contributed by atoms with Crippen molar-refractivity contribution in [3.8, 4) is 0 Å². The molecule has 0 saturated carbocycles. The molecule has 2 nitrogen and oxygen atoms in total. The maximum Gasteiger partial charge on any atom is 0.129 e. The number of hydrogen-bond donors (Lipinski definition) is 0. The first kappa shape index (κ1) is 5.35. The van der Waals surface area contributed by atoms with Crippen molar-refractivity contribution < 1.29 is 0 Å². The SMILES string of the molecule is [NH]c1cccc2cccn12. The van der Waals surface area contributed by atoms with E-state index in [1.165, 1.54) is 0 Å². The third-order valence-electron chi connectivity index (χ3n) is 1.56. The maximum absolute atomic E-state index is 7.44. The van der Waals surface area contributed by atoms with E-state index >= 15 is 0 Å². The summed E-state index contributed by atoms with van der Waals surface area (Å²) in [6.07, 6.45) is 1.89. The molecule has 0 bridgehead atoms. The monoisotopic (exact) mass is 131 g/mol. The van der Waals surface area contributed by atoms with Crippen molar-refractivity contribution in [2.24, 2.45) is 0 Å². The van der Waals surface area contributed by atoms with Crippen LogP contribution in [0.5, 0.6) is 0 Å². The van der Waals surface area contributed by atoms with Crippen LogP contribution in [-0.2, 0) is 0 Å². The van der Waals surface area contributed by atoms with E-state index < -0.39 is 0 Å². The Labute approximate surface area is 58.9 Å². The van der Waals surface area contributed by atoms with Crippen molar-refractivity contribution in [1.82, 2.24) is 10.1 Å². The van der Waals surface area contributed by atoms with E-state index in [9.17, 15) is 0 Å². The Morgan fingerprint density at radius 1 is 1.10 bits per heavy atom. The quantitative estimate of drug-likeness (QED) is 0.522. The van der Waals surface area contributed by atoms with Gasteiger partial charge in [0, 0.05) is 11.7 Å². The van der Waals surface area contributed by atoms with E-state index in [-0.39, 0.29) is 0 Å². The van der Waals surface area contributed by atoms with Crippen LogP contribution in [0.4, 0.5) is 5.82 Å². The molecule has 0 aliphatic heterocycles. The van der Waals surface area contributed by atoms with E-state index in [2.05, 4.69) is 0 Å². The Balaban J connectivity index is 2.95. The number of nitrogens with one attached hydrogen (secondary N) is 1. The standard InChI is InChI=1S/C8H7N2/c9-8-5-1-3-7-4-2-6-10(7)8/h1-6,9H. The first-order valence-corrected chi connectivity index (χ1v) is 3.15. The lowest BCUT2D eigenvalue weighted by molar-refractivity contribution is 1.15. The zero-order valence-corrected chi connectivity index (χ0v) is 5.41. The molecule has 1 radical (unpaired) electrons. The molecule has 0 aliphatic rings. The molecule has 2 aromatic rings. The Kier molecular flexibility index (Phi) is 0.947. The maximum atomic E-state index is 7.44. The lowest BCUT2D eigenvalue weighted by Gasteiger charge is -1.95. The number of fused-ring (bicyclic) bond motifs is 1. The molecule has 0 amide bonds. The number of pyridine rings is 1. The van der Waals surface area contributed by atoms with Gasteiger partial charge in [-0.25, -0.2) is 0 Å². The molecule has 49 valence electrons. The summed E-state index contributed by atoms with van der Waals surface area (Å²) in [5.41, 5.74) is 8.52. The van der Waals surface area contributed by atoms with Gasteiger partial charge in [-0.2, -0.15) is 0 Å². The summed E-state index contributed by atoms with van der Waals surface area (Å²) in [5, 5.41) is 0. The van der Waals surface area contributed by atoms with Crippen LogP contribution in [0, 0.1) is 0 Å². The second-order valence-electron chi connectivity index (χ2n) is 2.21. The molecule has 2 aromatic heterocycles. The summed E-state index contributed by atoms with van der Waals surface area (Å²) >= 11 is 0. The molecule has 0 unspecified atom stereocenters. The summed E-state index contributed by atoms with van der Waals surface area (Å²) < 4.78 is 1.83. The Morgan fingerprint density at radius 3 is 2.70 bits per heavy atom. The van der Waals surface area contributed by atoms with E-state index in [0.717, 1.165) is 5.52 Å². The number of rotatable bonds is 0. The van der Waals surface area contributed by atoms with Gasteiger partial charge in [-0.1, -0.05) is 6.07 Å². The van der Waals surface area contributed by atoms with Gasteiger partial charge in [0.05, 0.1) is 0 Å². The van der Waals surface area contributed by atoms with Gasteiger partial charge < -0.3 is 4.40 Å². The lowest BCUT2D eigenvalue weighted by atomic mass is 10.4. The summed E-state index contributed by atoms with van der Waals surface area (Å²) in [6.45, 7) is 0. The van der Waals surface area contributed by atoms with Crippen LogP contribution in [0.2, 0.25) is 0 Å². The van der Waals surface area contributed by atoms with Crippen LogP contribution in [-0.4, -0.2) is 4.40 Å². The molecule has 0 aliphatic carbocycles. The number of nitrogens with zero attached hydrogens (tertiary/aromatic N) is 1. The van der Waals surface area contributed by atoms with Gasteiger partial charge in [0.2, 0.25) is 0 Å². The van der Waals surface area contributed by atoms with Gasteiger partial charge >= 0.3 is 0 Å². The van der Waals surface area contributed by atoms with Crippen molar-refractivity contribution in [3.63, 3.8) is 0 Å². The van der Waals surface area contributed by atoms with E-state index in [0.29, 0.717) is 5.82 Å². The smallest absolute Gasteiger partial charge is 0.129 e. The Hall–Kier alpha value is -1.44. The molecular formula is C8H7N2. The van der Waals surface area contributed by atoms with Crippen LogP contribution >= 0.6 is 0 Å². The van der Waals surface area contributed by atoms with Crippen LogP contribution in [0.15, 0.2) is 36.5 Å². The average molecular weight is 131 g/mol. The second-order valence-corrected chi connectivity index (χ2v) is 2.21. The van der Waals surface area contributed by atoms with E-state index in [1.807, 2.05) is 34.9 Å². The van der Waals surface area contributed by atoms with Crippen molar-refractivity contribution in [3.05, 3.63) is 36.5 Å². The van der Waals surface area contributed by atoms with Crippen LogP contribution in [0.25, 0.3) is 5.52 Å². The molecule has 0 aromatic carbocycles. The first-order valence-electron chi connectivity index (χ1n) is 3.15. The predicted molar refractivity (Wildman–Crippen MR) is 40.2 cm³/mol. The molecule has 2 heteroatoms. The zero-order valence-electron chi connectivity index (χ0n) is 5.41. The minimum atomic E-state index is 0.530. The van der Waals surface area contributed by atoms with Gasteiger partial charge in [-0.05, 0) is 24.3 Å². The minimum Gasteiger partial charge on any atom is -0.302 e. The summed E-state index contributed by atoms with van der Waals surface area (Å²) in [4.78, 5) is 0. The molecule has 0 fully saturated rings. The fourth-order valence-electron chi connectivity index (χ4n) is 1.07. The molecular weight excluding hydrogens is 124 g/mol. The Morgan fingerprint density at radius 2 is 1.90 bits per heavy atom. The molecule has 10 heavy (non-hydrogen) atoms. The van der Waals surface area contributed by atoms with Gasteiger partial charge in [0.1, 0.15) is 5.82 Å². The van der Waals surface area contributed by atoms with E-state index in [4.69, 9.17) is 5.73 Å².